The number of thiophene rings is 1. The van der Waals surface area contributed by atoms with E-state index in [0.717, 1.165) is 10.4 Å². The van der Waals surface area contributed by atoms with Gasteiger partial charge < -0.3 is 15.2 Å². The zero-order chi connectivity index (χ0) is 20.1. The van der Waals surface area contributed by atoms with Crippen LogP contribution in [0.2, 0.25) is 0 Å². The first-order chi connectivity index (χ1) is 12.8. The maximum atomic E-state index is 12.3. The van der Waals surface area contributed by atoms with E-state index in [-0.39, 0.29) is 31.3 Å². The molecule has 2 rings (SSSR count). The van der Waals surface area contributed by atoms with Gasteiger partial charge in [-0.2, -0.15) is 0 Å². The minimum absolute atomic E-state index is 0.00829. The summed E-state index contributed by atoms with van der Waals surface area (Å²) in [5, 5.41) is 15.1. The van der Waals surface area contributed by atoms with E-state index >= 15 is 0 Å². The maximum absolute atomic E-state index is 12.3. The van der Waals surface area contributed by atoms with Gasteiger partial charge in [0.1, 0.15) is 5.00 Å². The number of carbonyl (C=O) groups is 3. The molecule has 1 aromatic rings. The van der Waals surface area contributed by atoms with Crippen LogP contribution < -0.4 is 10.6 Å². The first-order valence-electron chi connectivity index (χ1n) is 9.07. The maximum Gasteiger partial charge on any atom is 0.341 e. The van der Waals surface area contributed by atoms with Gasteiger partial charge >= 0.3 is 18.0 Å². The minimum atomic E-state index is -0.846. The molecule has 3 N–H and O–H groups in total. The van der Waals surface area contributed by atoms with Gasteiger partial charge in [-0.1, -0.05) is 6.92 Å². The number of nitrogens with zero attached hydrogens (tertiary/aromatic N) is 1. The van der Waals surface area contributed by atoms with Gasteiger partial charge in [0.15, 0.2) is 0 Å². The van der Waals surface area contributed by atoms with Crippen LogP contribution in [0.4, 0.5) is 9.80 Å². The molecule has 0 radical (unpaired) electrons. The number of aryl methyl sites for hydroxylation is 1. The lowest BCUT2D eigenvalue weighted by atomic mass is 9.85. The average molecular weight is 397 g/mol. The third kappa shape index (κ3) is 5.20. The number of urea groups is 1. The first-order valence-corrected chi connectivity index (χ1v) is 9.88. The van der Waals surface area contributed by atoms with Crippen LogP contribution in [-0.4, -0.2) is 59.8 Å². The number of carboxylic acid groups (broad SMARTS) is 1. The Hall–Kier alpha value is -2.13. The highest BCUT2D eigenvalue weighted by Gasteiger charge is 2.35. The van der Waals surface area contributed by atoms with Crippen molar-refractivity contribution in [1.82, 2.24) is 10.2 Å². The van der Waals surface area contributed by atoms with E-state index in [9.17, 15) is 14.4 Å². The van der Waals surface area contributed by atoms with Crippen molar-refractivity contribution in [2.24, 2.45) is 0 Å². The highest BCUT2D eigenvalue weighted by Crippen LogP contribution is 2.33. The molecule has 0 atom stereocenters. The summed E-state index contributed by atoms with van der Waals surface area (Å²) in [5.41, 5.74) is 1.21. The van der Waals surface area contributed by atoms with Crippen LogP contribution in [0.15, 0.2) is 0 Å². The highest BCUT2D eigenvalue weighted by atomic mass is 32.1. The standard InChI is InChI=1S/C18H27N3O5S/c1-5-21(9-14(22)23)13-7-12(8-13)19-18(25)20-16-15(17(24)26-6-2)10(3)11(4)27-16/h12-13H,5-9H2,1-4H3,(H,22,23)(H2,19,20,25). The number of carboxylic acids is 1. The largest absolute Gasteiger partial charge is 0.480 e. The number of carbonyl (C=O) groups excluding carboxylic acids is 2. The molecule has 0 unspecified atom stereocenters. The van der Waals surface area contributed by atoms with E-state index in [0.29, 0.717) is 30.0 Å². The second kappa shape index (κ2) is 9.18. The summed E-state index contributed by atoms with van der Waals surface area (Å²) in [4.78, 5) is 38.2. The topological polar surface area (TPSA) is 108 Å². The number of amides is 2. The Balaban J connectivity index is 1.91. The Morgan fingerprint density at radius 1 is 1.26 bits per heavy atom. The Morgan fingerprint density at radius 3 is 2.48 bits per heavy atom. The summed E-state index contributed by atoms with van der Waals surface area (Å²) >= 11 is 1.35. The van der Waals surface area contributed by atoms with Crippen molar-refractivity contribution >= 4 is 34.3 Å². The SMILES string of the molecule is CCOC(=O)c1c(NC(=O)NC2CC(N(CC)CC(=O)O)C2)sc(C)c1C. The number of esters is 1. The molecule has 0 saturated heterocycles. The molecule has 0 spiro atoms. The van der Waals surface area contributed by atoms with Gasteiger partial charge in [0, 0.05) is 17.0 Å². The molecule has 8 nitrogen and oxygen atoms in total. The normalized spacial score (nSPS) is 18.7. The molecule has 27 heavy (non-hydrogen) atoms. The summed E-state index contributed by atoms with van der Waals surface area (Å²) in [7, 11) is 0. The molecular formula is C18H27N3O5S. The summed E-state index contributed by atoms with van der Waals surface area (Å²) < 4.78 is 5.08. The van der Waals surface area contributed by atoms with Gasteiger partial charge in [-0.15, -0.1) is 11.3 Å². The number of rotatable bonds is 8. The van der Waals surface area contributed by atoms with Crippen molar-refractivity contribution in [2.75, 3.05) is 25.0 Å². The highest BCUT2D eigenvalue weighted by molar-refractivity contribution is 7.16. The number of ether oxygens (including phenoxy) is 1. The van der Waals surface area contributed by atoms with Crippen LogP contribution in [0, 0.1) is 13.8 Å². The van der Waals surface area contributed by atoms with Crippen molar-refractivity contribution < 1.29 is 24.2 Å². The number of aliphatic carboxylic acids is 1. The van der Waals surface area contributed by atoms with Crippen molar-refractivity contribution in [2.45, 2.75) is 52.6 Å². The number of anilines is 1. The Bertz CT molecular complexity index is 712. The molecule has 0 aromatic carbocycles. The molecule has 1 fully saturated rings. The average Bonchev–Trinajstić information content (AvgIpc) is 2.82. The second-order valence-corrected chi connectivity index (χ2v) is 7.81. The molecule has 9 heteroatoms. The Kier molecular flexibility index (Phi) is 7.20. The predicted molar refractivity (Wildman–Crippen MR) is 104 cm³/mol. The summed E-state index contributed by atoms with van der Waals surface area (Å²) in [6.45, 7) is 8.33. The molecule has 1 heterocycles. The van der Waals surface area contributed by atoms with Gasteiger partial charge in [-0.3, -0.25) is 15.0 Å². The molecule has 1 aromatic heterocycles. The van der Waals surface area contributed by atoms with E-state index in [1.165, 1.54) is 11.3 Å². The third-order valence-electron chi connectivity index (χ3n) is 4.80. The number of likely N-dealkylation sites (N-methyl/N-ethyl adjacent to an activating group) is 1. The summed E-state index contributed by atoms with van der Waals surface area (Å²) in [5.74, 6) is -1.29. The van der Waals surface area contributed by atoms with Crippen LogP contribution >= 0.6 is 11.3 Å². The van der Waals surface area contributed by atoms with Crippen molar-refractivity contribution in [3.63, 3.8) is 0 Å². The summed E-state index contributed by atoms with van der Waals surface area (Å²) in [6, 6.07) is -0.213. The lowest BCUT2D eigenvalue weighted by Gasteiger charge is -2.42. The quantitative estimate of drug-likeness (QED) is 0.582. The fraction of sp³-hybridized carbons (Fsp3) is 0.611. The third-order valence-corrected chi connectivity index (χ3v) is 5.92. The monoisotopic (exact) mass is 397 g/mol. The van der Waals surface area contributed by atoms with Crippen LogP contribution in [0.25, 0.3) is 0 Å². The van der Waals surface area contributed by atoms with Crippen LogP contribution in [0.1, 0.15) is 47.5 Å². The Morgan fingerprint density at radius 2 is 1.93 bits per heavy atom. The van der Waals surface area contributed by atoms with Crippen molar-refractivity contribution in [3.8, 4) is 0 Å². The fourth-order valence-electron chi connectivity index (χ4n) is 3.17. The molecule has 1 aliphatic carbocycles. The number of hydrogen-bond donors (Lipinski definition) is 3. The molecule has 0 bridgehead atoms. The van der Waals surface area contributed by atoms with Crippen molar-refractivity contribution in [3.05, 3.63) is 16.0 Å². The molecule has 2 amide bonds. The van der Waals surface area contributed by atoms with E-state index in [1.54, 1.807) is 6.92 Å². The van der Waals surface area contributed by atoms with E-state index < -0.39 is 11.9 Å². The van der Waals surface area contributed by atoms with Crippen molar-refractivity contribution in [1.29, 1.82) is 0 Å². The van der Waals surface area contributed by atoms with E-state index in [2.05, 4.69) is 10.6 Å². The fourth-order valence-corrected chi connectivity index (χ4v) is 4.21. The molecule has 0 aliphatic heterocycles. The lowest BCUT2D eigenvalue weighted by molar-refractivity contribution is -0.139. The molecule has 150 valence electrons. The summed E-state index contributed by atoms with van der Waals surface area (Å²) in [6.07, 6.45) is 1.42. The van der Waals surface area contributed by atoms with Crippen LogP contribution in [0.5, 0.6) is 0 Å². The van der Waals surface area contributed by atoms with Gasteiger partial charge in [0.2, 0.25) is 0 Å². The van der Waals surface area contributed by atoms with Gasteiger partial charge in [-0.05, 0) is 45.7 Å². The first kappa shape index (κ1) is 21.2. The second-order valence-electron chi connectivity index (χ2n) is 6.59. The van der Waals surface area contributed by atoms with E-state index in [1.807, 2.05) is 25.7 Å². The zero-order valence-corrected chi connectivity index (χ0v) is 16.9. The van der Waals surface area contributed by atoms with E-state index in [4.69, 9.17) is 9.84 Å². The molecule has 1 saturated carbocycles. The van der Waals surface area contributed by atoms with Gasteiger partial charge in [-0.25, -0.2) is 9.59 Å². The Labute approximate surface area is 162 Å². The number of nitrogens with one attached hydrogen (secondary N) is 2. The number of hydrogen-bond acceptors (Lipinski definition) is 6. The molecule has 1 aliphatic rings. The van der Waals surface area contributed by atoms with Gasteiger partial charge in [0.05, 0.1) is 18.7 Å². The van der Waals surface area contributed by atoms with Gasteiger partial charge in [0.25, 0.3) is 0 Å². The zero-order valence-electron chi connectivity index (χ0n) is 16.1. The molecular weight excluding hydrogens is 370 g/mol. The van der Waals surface area contributed by atoms with Crippen LogP contribution in [0.3, 0.4) is 0 Å². The predicted octanol–water partition coefficient (Wildman–Crippen LogP) is 2.60. The smallest absolute Gasteiger partial charge is 0.341 e. The minimum Gasteiger partial charge on any atom is -0.480 e. The lowest BCUT2D eigenvalue weighted by Crippen LogP contribution is -2.55. The van der Waals surface area contributed by atoms with Crippen LogP contribution in [-0.2, 0) is 9.53 Å².